The Morgan fingerprint density at radius 2 is 1.84 bits per heavy atom. The first-order valence-electron chi connectivity index (χ1n) is 17.3. The molecule has 1 aliphatic carbocycles. The third-order valence-electron chi connectivity index (χ3n) is 9.13. The van der Waals surface area contributed by atoms with Gasteiger partial charge in [-0.05, 0) is 75.1 Å². The Labute approximate surface area is 293 Å². The Balaban J connectivity index is 1.19. The number of halogens is 1. The molecule has 1 saturated heterocycles. The van der Waals surface area contributed by atoms with E-state index in [9.17, 15) is 0 Å². The fourth-order valence-electron chi connectivity index (χ4n) is 6.98. The van der Waals surface area contributed by atoms with Gasteiger partial charge in [-0.25, -0.2) is 9.67 Å². The predicted molar refractivity (Wildman–Crippen MR) is 189 cm³/mol. The van der Waals surface area contributed by atoms with Crippen molar-refractivity contribution >= 4 is 29.2 Å². The van der Waals surface area contributed by atoms with E-state index in [1.54, 1.807) is 24.3 Å². The molecule has 49 heavy (non-hydrogen) atoms. The second-order valence-electron chi connectivity index (χ2n) is 13.5. The molecule has 3 aromatic rings. The number of allylic oxidation sites excluding steroid dienone is 1. The van der Waals surface area contributed by atoms with Gasteiger partial charge in [0.1, 0.15) is 23.9 Å². The number of aromatic nitrogens is 6. The summed E-state index contributed by atoms with van der Waals surface area (Å²) in [6, 6.07) is 6.45. The lowest BCUT2D eigenvalue weighted by Gasteiger charge is -2.42. The minimum atomic E-state index is -0.499. The second kappa shape index (κ2) is 16.3. The summed E-state index contributed by atoms with van der Waals surface area (Å²) in [4.78, 5) is 9.44. The summed E-state index contributed by atoms with van der Waals surface area (Å²) >= 11 is 6.45. The summed E-state index contributed by atoms with van der Waals surface area (Å²) in [5, 5.41) is 20.6. The number of ether oxygens (including phenoxy) is 4. The molecule has 1 saturated carbocycles. The number of nitrogens with zero attached hydrogens (tertiary/aromatic N) is 9. The van der Waals surface area contributed by atoms with E-state index < -0.39 is 6.29 Å². The number of methoxy groups -OCH3 is 1. The van der Waals surface area contributed by atoms with Crippen LogP contribution < -0.4 is 19.7 Å². The van der Waals surface area contributed by atoms with Gasteiger partial charge in [-0.1, -0.05) is 18.5 Å². The van der Waals surface area contributed by atoms with Crippen molar-refractivity contribution in [2.75, 3.05) is 43.6 Å². The summed E-state index contributed by atoms with van der Waals surface area (Å²) in [7, 11) is 1.71. The van der Waals surface area contributed by atoms with Crippen LogP contribution in [0.15, 0.2) is 48.0 Å². The molecule has 15 heteroatoms. The van der Waals surface area contributed by atoms with Crippen molar-refractivity contribution in [2.24, 2.45) is 10.9 Å². The topological polar surface area (TPSA) is 129 Å². The number of hydrogen-bond acceptors (Lipinski definition) is 12. The molecule has 2 aliphatic heterocycles. The Morgan fingerprint density at radius 1 is 1.06 bits per heavy atom. The number of rotatable bonds is 14. The maximum absolute atomic E-state index is 6.45. The molecule has 5 atom stereocenters. The van der Waals surface area contributed by atoms with Gasteiger partial charge in [-0.15, -0.1) is 10.2 Å². The highest BCUT2D eigenvalue weighted by atomic mass is 35.5. The molecule has 0 radical (unpaired) electrons. The zero-order valence-corrected chi connectivity index (χ0v) is 29.8. The fourth-order valence-corrected chi connectivity index (χ4v) is 7.14. The van der Waals surface area contributed by atoms with E-state index in [-0.39, 0.29) is 30.3 Å². The second-order valence-corrected chi connectivity index (χ2v) is 13.9. The fraction of sp³-hybridized carbons (Fsp3) is 0.618. The first kappa shape index (κ1) is 35.1. The summed E-state index contributed by atoms with van der Waals surface area (Å²) in [6.07, 6.45) is 13.4. The lowest BCUT2D eigenvalue weighted by molar-refractivity contribution is -0.0852. The Hall–Kier alpha value is -3.72. The van der Waals surface area contributed by atoms with Crippen molar-refractivity contribution in [3.8, 4) is 11.6 Å². The van der Waals surface area contributed by atoms with Gasteiger partial charge in [-0.3, -0.25) is 9.58 Å². The van der Waals surface area contributed by atoms with Crippen LogP contribution in [-0.2, 0) is 16.0 Å². The molecule has 14 nitrogen and oxygen atoms in total. The van der Waals surface area contributed by atoms with E-state index in [4.69, 9.17) is 40.6 Å². The van der Waals surface area contributed by atoms with Crippen molar-refractivity contribution in [1.82, 2.24) is 34.9 Å². The molecule has 1 aromatic carbocycles. The van der Waals surface area contributed by atoms with Crippen LogP contribution in [-0.4, -0.2) is 105 Å². The number of hydrogen-bond donors (Lipinski definition) is 1. The van der Waals surface area contributed by atoms with Gasteiger partial charge in [-0.2, -0.15) is 0 Å². The Morgan fingerprint density at radius 3 is 2.57 bits per heavy atom. The van der Waals surface area contributed by atoms with E-state index in [0.29, 0.717) is 42.5 Å². The van der Waals surface area contributed by atoms with E-state index in [0.717, 1.165) is 50.1 Å². The Bertz CT molecular complexity index is 1530. The SMILES string of the molecule is COCC(C)COc1nn(C2CCC(N3C[C@@H](C)O[C@@H](C)C3)CC2)cc1NC1N=CC=CN1c1ccc(Cl)cc1O[C@@H](C)Cn1cnnn1. The molecule has 2 unspecified atom stereocenters. The van der Waals surface area contributed by atoms with Gasteiger partial charge in [0.05, 0.1) is 49.9 Å². The summed E-state index contributed by atoms with van der Waals surface area (Å²) in [6.45, 7) is 12.0. The van der Waals surface area contributed by atoms with Crippen LogP contribution in [0.3, 0.4) is 0 Å². The van der Waals surface area contributed by atoms with Crippen LogP contribution in [0.25, 0.3) is 0 Å². The van der Waals surface area contributed by atoms with E-state index >= 15 is 0 Å². The van der Waals surface area contributed by atoms with Crippen LogP contribution >= 0.6 is 11.6 Å². The van der Waals surface area contributed by atoms with Crippen molar-refractivity contribution in [1.29, 1.82) is 0 Å². The van der Waals surface area contributed by atoms with Crippen LogP contribution in [0.2, 0.25) is 5.02 Å². The molecule has 1 N–H and O–H groups in total. The maximum atomic E-state index is 6.45. The Kier molecular flexibility index (Phi) is 11.7. The first-order chi connectivity index (χ1) is 23.7. The normalized spacial score (nSPS) is 25.7. The minimum Gasteiger partial charge on any atom is -0.487 e. The molecule has 3 aliphatic rings. The highest BCUT2D eigenvalue weighted by molar-refractivity contribution is 6.30. The third-order valence-corrected chi connectivity index (χ3v) is 9.37. The minimum absolute atomic E-state index is 0.202. The number of benzene rings is 1. The highest BCUT2D eigenvalue weighted by Crippen LogP contribution is 2.38. The number of aliphatic imine (C=N–C) groups is 1. The van der Waals surface area contributed by atoms with Crippen LogP contribution in [0, 0.1) is 5.92 Å². The monoisotopic (exact) mass is 696 g/mol. The zero-order valence-electron chi connectivity index (χ0n) is 29.1. The van der Waals surface area contributed by atoms with Crippen LogP contribution in [0.5, 0.6) is 11.6 Å². The van der Waals surface area contributed by atoms with Crippen LogP contribution in [0.1, 0.15) is 59.4 Å². The molecular weight excluding hydrogens is 648 g/mol. The highest BCUT2D eigenvalue weighted by Gasteiger charge is 2.33. The molecule has 0 spiro atoms. The average molecular weight is 697 g/mol. The van der Waals surface area contributed by atoms with Gasteiger partial charge in [0.15, 0.2) is 0 Å². The number of tetrazole rings is 1. The van der Waals surface area contributed by atoms with Crippen molar-refractivity contribution in [3.63, 3.8) is 0 Å². The third kappa shape index (κ3) is 9.10. The van der Waals surface area contributed by atoms with Crippen molar-refractivity contribution in [2.45, 2.75) is 96.6 Å². The van der Waals surface area contributed by atoms with Gasteiger partial charge < -0.3 is 29.2 Å². The van der Waals surface area contributed by atoms with Crippen molar-refractivity contribution < 1.29 is 18.9 Å². The van der Waals surface area contributed by atoms with Gasteiger partial charge >= 0.3 is 0 Å². The molecular formula is C34H49ClN10O4. The molecule has 4 heterocycles. The van der Waals surface area contributed by atoms with E-state index in [2.05, 4.69) is 57.4 Å². The first-order valence-corrected chi connectivity index (χ1v) is 17.7. The lowest BCUT2D eigenvalue weighted by atomic mass is 9.89. The van der Waals surface area contributed by atoms with Gasteiger partial charge in [0.2, 0.25) is 6.29 Å². The number of morpholine rings is 1. The molecule has 0 amide bonds. The van der Waals surface area contributed by atoms with Crippen LogP contribution in [0.4, 0.5) is 11.4 Å². The molecule has 6 rings (SSSR count). The largest absolute Gasteiger partial charge is 0.487 e. The quantitative estimate of drug-likeness (QED) is 0.243. The molecule has 2 fully saturated rings. The predicted octanol–water partition coefficient (Wildman–Crippen LogP) is 5.04. The molecule has 266 valence electrons. The van der Waals surface area contributed by atoms with Gasteiger partial charge in [0, 0.05) is 55.7 Å². The van der Waals surface area contributed by atoms with E-state index in [1.807, 2.05) is 42.3 Å². The lowest BCUT2D eigenvalue weighted by Crippen LogP contribution is -2.51. The summed E-state index contributed by atoms with van der Waals surface area (Å²) in [5.41, 5.74) is 1.57. The van der Waals surface area contributed by atoms with Crippen molar-refractivity contribution in [3.05, 3.63) is 48.0 Å². The molecule has 0 bridgehead atoms. The average Bonchev–Trinajstić information content (AvgIpc) is 3.74. The summed E-state index contributed by atoms with van der Waals surface area (Å²) in [5.74, 6) is 1.36. The maximum Gasteiger partial charge on any atom is 0.256 e. The summed E-state index contributed by atoms with van der Waals surface area (Å²) < 4.78 is 27.8. The smallest absolute Gasteiger partial charge is 0.256 e. The number of nitrogens with one attached hydrogen (secondary N) is 1. The number of anilines is 2. The zero-order chi connectivity index (χ0) is 34.3. The molecule has 2 aromatic heterocycles. The standard InChI is InChI=1S/C34H49ClN10O4/c1-23(20-46-5)21-47-33-30(19-45(39-33)29-10-8-28(9-11-29)42-16-24(2)48-25(3)17-42)38-34-36-13-6-14-44(34)31-12-7-27(35)15-32(31)49-26(4)18-43-22-37-40-41-43/h6-7,12-15,19,22-26,28-29,34,38H,8-11,16-18,20-21H2,1-5H3/t23?,24-,25+,26-,28?,29?,34?/m0/s1. The van der Waals surface area contributed by atoms with E-state index in [1.165, 1.54) is 0 Å². The van der Waals surface area contributed by atoms with Gasteiger partial charge in [0.25, 0.3) is 5.88 Å².